The van der Waals surface area contributed by atoms with Gasteiger partial charge in [0.05, 0.1) is 17.8 Å². The van der Waals surface area contributed by atoms with E-state index in [9.17, 15) is 0 Å². The molecule has 0 aliphatic carbocycles. The highest BCUT2D eigenvalue weighted by Gasteiger charge is 2.32. The van der Waals surface area contributed by atoms with Crippen LogP contribution in [-0.2, 0) is 9.47 Å². The molecular weight excluding hydrogens is 352 g/mol. The van der Waals surface area contributed by atoms with Crippen LogP contribution in [0.2, 0.25) is 0 Å². The van der Waals surface area contributed by atoms with E-state index < -0.39 is 5.79 Å². The number of benzene rings is 2. The fourth-order valence-corrected chi connectivity index (χ4v) is 3.32. The van der Waals surface area contributed by atoms with E-state index >= 15 is 0 Å². The molecule has 1 aliphatic rings. The molecule has 2 aromatic carbocycles. The van der Waals surface area contributed by atoms with Crippen molar-refractivity contribution in [2.45, 2.75) is 25.7 Å². The molecular formula is C23H26N2O3. The van der Waals surface area contributed by atoms with Gasteiger partial charge < -0.3 is 19.1 Å². The summed E-state index contributed by atoms with van der Waals surface area (Å²) in [6.07, 6.45) is -0.0451. The quantitative estimate of drug-likeness (QED) is 0.654. The first kappa shape index (κ1) is 18.7. The molecule has 3 aromatic rings. The number of nitrogens with zero attached hydrogens (tertiary/aromatic N) is 2. The molecule has 1 fully saturated rings. The minimum absolute atomic E-state index is 0.0451. The molecule has 0 unspecified atom stereocenters. The van der Waals surface area contributed by atoms with Gasteiger partial charge in [-0.05, 0) is 50.2 Å². The van der Waals surface area contributed by atoms with E-state index in [1.807, 2.05) is 52.2 Å². The molecule has 0 N–H and O–H groups in total. The van der Waals surface area contributed by atoms with Crippen LogP contribution in [0.25, 0.3) is 22.2 Å². The van der Waals surface area contributed by atoms with Gasteiger partial charge in [-0.2, -0.15) is 0 Å². The molecule has 2 heterocycles. The number of hydrogen-bond acceptors (Lipinski definition) is 5. The minimum Gasteiger partial charge on any atom is -0.491 e. The van der Waals surface area contributed by atoms with Gasteiger partial charge >= 0.3 is 0 Å². The lowest BCUT2D eigenvalue weighted by atomic mass is 10.1. The largest absolute Gasteiger partial charge is 0.491 e. The van der Waals surface area contributed by atoms with Crippen molar-refractivity contribution in [1.82, 2.24) is 4.98 Å². The van der Waals surface area contributed by atoms with Crippen molar-refractivity contribution in [3.63, 3.8) is 0 Å². The van der Waals surface area contributed by atoms with Gasteiger partial charge in [-0.1, -0.05) is 18.2 Å². The van der Waals surface area contributed by atoms with Crippen LogP contribution in [-0.4, -0.2) is 44.2 Å². The van der Waals surface area contributed by atoms with E-state index in [0.717, 1.165) is 27.9 Å². The normalized spacial score (nSPS) is 18.4. The molecule has 1 atom stereocenters. The number of fused-ring (bicyclic) bond motifs is 1. The standard InChI is InChI=1S/C23H26N2O3/c1-23(2)27-15-20(28-23)14-26-19-10-12-22-17(13-19)7-11-21(24-22)16-5-8-18(9-6-16)25(3)4/h5-13,20H,14-15H2,1-4H3/t20-/m0/s1. The zero-order valence-corrected chi connectivity index (χ0v) is 16.8. The maximum absolute atomic E-state index is 5.90. The van der Waals surface area contributed by atoms with Crippen molar-refractivity contribution in [2.75, 3.05) is 32.2 Å². The summed E-state index contributed by atoms with van der Waals surface area (Å²) >= 11 is 0. The molecule has 0 radical (unpaired) electrons. The van der Waals surface area contributed by atoms with Crippen molar-refractivity contribution < 1.29 is 14.2 Å². The fourth-order valence-electron chi connectivity index (χ4n) is 3.32. The van der Waals surface area contributed by atoms with Crippen molar-refractivity contribution >= 4 is 16.6 Å². The third kappa shape index (κ3) is 4.11. The first-order valence-corrected chi connectivity index (χ1v) is 9.53. The van der Waals surface area contributed by atoms with Crippen LogP contribution in [0.15, 0.2) is 54.6 Å². The van der Waals surface area contributed by atoms with Gasteiger partial charge in [0.15, 0.2) is 5.79 Å². The molecule has 0 spiro atoms. The molecule has 5 nitrogen and oxygen atoms in total. The lowest BCUT2D eigenvalue weighted by molar-refractivity contribution is -0.141. The second-order valence-corrected chi connectivity index (χ2v) is 7.75. The number of ether oxygens (including phenoxy) is 3. The predicted octanol–water partition coefficient (Wildman–Crippen LogP) is 4.50. The Morgan fingerprint density at radius 1 is 1.07 bits per heavy atom. The lowest BCUT2D eigenvalue weighted by Crippen LogP contribution is -2.25. The first-order chi connectivity index (χ1) is 13.4. The van der Waals surface area contributed by atoms with Gasteiger partial charge in [-0.25, -0.2) is 4.98 Å². The van der Waals surface area contributed by atoms with Crippen molar-refractivity contribution in [3.8, 4) is 17.0 Å². The molecule has 5 heteroatoms. The van der Waals surface area contributed by atoms with Crippen molar-refractivity contribution in [3.05, 3.63) is 54.6 Å². The Morgan fingerprint density at radius 3 is 2.54 bits per heavy atom. The van der Waals surface area contributed by atoms with E-state index in [-0.39, 0.29) is 6.10 Å². The van der Waals surface area contributed by atoms with Gasteiger partial charge in [0, 0.05) is 30.7 Å². The molecule has 28 heavy (non-hydrogen) atoms. The number of rotatable bonds is 5. The van der Waals surface area contributed by atoms with Crippen LogP contribution in [0.5, 0.6) is 5.75 Å². The Labute approximate surface area is 165 Å². The molecule has 1 saturated heterocycles. The second kappa shape index (κ2) is 7.41. The number of hydrogen-bond donors (Lipinski definition) is 0. The Balaban J connectivity index is 1.48. The molecule has 4 rings (SSSR count). The van der Waals surface area contributed by atoms with E-state index in [1.54, 1.807) is 0 Å². The van der Waals surface area contributed by atoms with Crippen LogP contribution in [0.3, 0.4) is 0 Å². The number of aromatic nitrogens is 1. The highest BCUT2D eigenvalue weighted by molar-refractivity contribution is 5.83. The van der Waals surface area contributed by atoms with Gasteiger partial charge in [0.1, 0.15) is 18.5 Å². The smallest absolute Gasteiger partial charge is 0.163 e. The molecule has 0 bridgehead atoms. The van der Waals surface area contributed by atoms with Gasteiger partial charge in [0.2, 0.25) is 0 Å². The summed E-state index contributed by atoms with van der Waals surface area (Å²) in [4.78, 5) is 6.89. The molecule has 1 aromatic heterocycles. The SMILES string of the molecule is CN(C)c1ccc(-c2ccc3cc(OC[C@H]4COC(C)(C)O4)ccc3n2)cc1. The second-order valence-electron chi connectivity index (χ2n) is 7.75. The summed E-state index contributed by atoms with van der Waals surface area (Å²) in [5, 5.41) is 1.05. The average molecular weight is 378 g/mol. The summed E-state index contributed by atoms with van der Waals surface area (Å²) in [5.74, 6) is 0.286. The van der Waals surface area contributed by atoms with Crippen molar-refractivity contribution in [1.29, 1.82) is 0 Å². The van der Waals surface area contributed by atoms with Crippen LogP contribution >= 0.6 is 0 Å². The predicted molar refractivity (Wildman–Crippen MR) is 112 cm³/mol. The Hall–Kier alpha value is -2.63. The topological polar surface area (TPSA) is 43.8 Å². The molecule has 0 saturated carbocycles. The van der Waals surface area contributed by atoms with Crippen LogP contribution in [0, 0.1) is 0 Å². The third-order valence-corrected chi connectivity index (χ3v) is 4.84. The summed E-state index contributed by atoms with van der Waals surface area (Å²) in [6, 6.07) is 18.5. The van der Waals surface area contributed by atoms with Gasteiger partial charge in [-0.3, -0.25) is 0 Å². The first-order valence-electron chi connectivity index (χ1n) is 9.53. The van der Waals surface area contributed by atoms with Gasteiger partial charge in [0.25, 0.3) is 0 Å². The monoisotopic (exact) mass is 378 g/mol. The Morgan fingerprint density at radius 2 is 1.86 bits per heavy atom. The zero-order valence-electron chi connectivity index (χ0n) is 16.8. The third-order valence-electron chi connectivity index (χ3n) is 4.84. The van der Waals surface area contributed by atoms with Crippen LogP contribution < -0.4 is 9.64 Å². The highest BCUT2D eigenvalue weighted by Crippen LogP contribution is 2.27. The lowest BCUT2D eigenvalue weighted by Gasteiger charge is -2.17. The average Bonchev–Trinajstić information content (AvgIpc) is 3.04. The molecule has 1 aliphatic heterocycles. The van der Waals surface area contributed by atoms with E-state index in [0.29, 0.717) is 13.2 Å². The van der Waals surface area contributed by atoms with E-state index in [1.165, 1.54) is 5.69 Å². The van der Waals surface area contributed by atoms with Gasteiger partial charge in [-0.15, -0.1) is 0 Å². The molecule has 146 valence electrons. The van der Waals surface area contributed by atoms with E-state index in [2.05, 4.69) is 35.2 Å². The van der Waals surface area contributed by atoms with Crippen LogP contribution in [0.1, 0.15) is 13.8 Å². The Kier molecular flexibility index (Phi) is 4.96. The summed E-state index contributed by atoms with van der Waals surface area (Å²) in [5.41, 5.74) is 4.19. The van der Waals surface area contributed by atoms with Crippen LogP contribution in [0.4, 0.5) is 5.69 Å². The summed E-state index contributed by atoms with van der Waals surface area (Å²) in [6.45, 7) is 4.86. The highest BCUT2D eigenvalue weighted by atomic mass is 16.7. The number of pyridine rings is 1. The minimum atomic E-state index is -0.525. The Bertz CT molecular complexity index is 967. The number of anilines is 1. The zero-order chi connectivity index (χ0) is 19.7. The van der Waals surface area contributed by atoms with Crippen molar-refractivity contribution in [2.24, 2.45) is 0 Å². The summed E-state index contributed by atoms with van der Waals surface area (Å²) in [7, 11) is 4.07. The fraction of sp³-hybridized carbons (Fsp3) is 0.348. The molecule has 0 amide bonds. The summed E-state index contributed by atoms with van der Waals surface area (Å²) < 4.78 is 17.3. The maximum Gasteiger partial charge on any atom is 0.163 e. The maximum atomic E-state index is 5.90. The van der Waals surface area contributed by atoms with E-state index in [4.69, 9.17) is 19.2 Å².